The SMILES string of the molecule is CC(C)c1nnc2c(=O)[nH]c3ccccc3n12. The summed E-state index contributed by atoms with van der Waals surface area (Å²) < 4.78 is 1.83. The highest BCUT2D eigenvalue weighted by atomic mass is 16.1. The zero-order chi connectivity index (χ0) is 12.0. The molecule has 1 N–H and O–H groups in total. The van der Waals surface area contributed by atoms with E-state index in [4.69, 9.17) is 0 Å². The molecule has 0 aliphatic carbocycles. The zero-order valence-corrected chi connectivity index (χ0v) is 9.64. The van der Waals surface area contributed by atoms with Crippen molar-refractivity contribution < 1.29 is 0 Å². The molecule has 1 aromatic carbocycles. The molecule has 5 heteroatoms. The Balaban J connectivity index is 2.61. The van der Waals surface area contributed by atoms with Crippen molar-refractivity contribution in [2.45, 2.75) is 19.8 Å². The molecule has 0 saturated carbocycles. The molecule has 2 heterocycles. The summed E-state index contributed by atoms with van der Waals surface area (Å²) in [6.07, 6.45) is 0. The van der Waals surface area contributed by atoms with Gasteiger partial charge < -0.3 is 4.98 Å². The van der Waals surface area contributed by atoms with Crippen molar-refractivity contribution in [1.82, 2.24) is 19.6 Å². The van der Waals surface area contributed by atoms with Gasteiger partial charge in [0.15, 0.2) is 0 Å². The fraction of sp³-hybridized carbons (Fsp3) is 0.250. The fourth-order valence-corrected chi connectivity index (χ4v) is 2.01. The van der Waals surface area contributed by atoms with E-state index in [-0.39, 0.29) is 11.5 Å². The normalized spacial score (nSPS) is 11.7. The summed E-state index contributed by atoms with van der Waals surface area (Å²) >= 11 is 0. The van der Waals surface area contributed by atoms with Crippen LogP contribution in [0.2, 0.25) is 0 Å². The Morgan fingerprint density at radius 3 is 2.76 bits per heavy atom. The van der Waals surface area contributed by atoms with Crippen molar-refractivity contribution in [2.75, 3.05) is 0 Å². The summed E-state index contributed by atoms with van der Waals surface area (Å²) in [6.45, 7) is 4.07. The molecule has 0 fully saturated rings. The Morgan fingerprint density at radius 1 is 1.24 bits per heavy atom. The standard InChI is InChI=1S/C12H12N4O/c1-7(2)10-14-15-11-12(17)13-8-5-3-4-6-9(8)16(10)11/h3-7H,1-2H3,(H,13,17). The van der Waals surface area contributed by atoms with Gasteiger partial charge >= 0.3 is 0 Å². The Labute approximate surface area is 97.1 Å². The Bertz CT molecular complexity index is 754. The van der Waals surface area contributed by atoms with Crippen molar-refractivity contribution in [3.63, 3.8) is 0 Å². The minimum Gasteiger partial charge on any atom is -0.317 e. The number of rotatable bonds is 1. The number of hydrogen-bond donors (Lipinski definition) is 1. The third-order valence-electron chi connectivity index (χ3n) is 2.80. The molecule has 3 aromatic rings. The van der Waals surface area contributed by atoms with E-state index in [0.29, 0.717) is 5.65 Å². The van der Waals surface area contributed by atoms with E-state index in [9.17, 15) is 4.79 Å². The third-order valence-corrected chi connectivity index (χ3v) is 2.80. The lowest BCUT2D eigenvalue weighted by Gasteiger charge is -2.05. The summed E-state index contributed by atoms with van der Waals surface area (Å²) in [4.78, 5) is 14.7. The van der Waals surface area contributed by atoms with Gasteiger partial charge in [-0.15, -0.1) is 10.2 Å². The van der Waals surface area contributed by atoms with Crippen LogP contribution in [-0.4, -0.2) is 19.6 Å². The molecular formula is C12H12N4O. The number of fused-ring (bicyclic) bond motifs is 3. The van der Waals surface area contributed by atoms with Gasteiger partial charge in [0.05, 0.1) is 11.0 Å². The first-order valence-electron chi connectivity index (χ1n) is 5.54. The van der Waals surface area contributed by atoms with Crippen molar-refractivity contribution in [1.29, 1.82) is 0 Å². The van der Waals surface area contributed by atoms with Gasteiger partial charge in [-0.2, -0.15) is 0 Å². The van der Waals surface area contributed by atoms with E-state index >= 15 is 0 Å². The van der Waals surface area contributed by atoms with Gasteiger partial charge in [-0.05, 0) is 12.1 Å². The molecular weight excluding hydrogens is 216 g/mol. The maximum atomic E-state index is 11.8. The van der Waals surface area contributed by atoms with Crippen LogP contribution in [-0.2, 0) is 0 Å². The fourth-order valence-electron chi connectivity index (χ4n) is 2.01. The molecule has 0 saturated heterocycles. The lowest BCUT2D eigenvalue weighted by atomic mass is 10.2. The third kappa shape index (κ3) is 1.35. The van der Waals surface area contributed by atoms with Gasteiger partial charge in [0, 0.05) is 5.92 Å². The number of aromatic nitrogens is 4. The zero-order valence-electron chi connectivity index (χ0n) is 9.64. The molecule has 0 aliphatic rings. The minimum absolute atomic E-state index is 0.205. The maximum absolute atomic E-state index is 11.8. The second kappa shape index (κ2) is 3.41. The summed E-state index contributed by atoms with van der Waals surface area (Å²) in [5.41, 5.74) is 1.87. The average Bonchev–Trinajstić information content (AvgIpc) is 2.74. The van der Waals surface area contributed by atoms with E-state index in [2.05, 4.69) is 15.2 Å². The Kier molecular flexibility index (Phi) is 2.01. The van der Waals surface area contributed by atoms with Gasteiger partial charge in [-0.1, -0.05) is 26.0 Å². The molecule has 2 aromatic heterocycles. The molecule has 3 rings (SSSR count). The number of para-hydroxylation sites is 2. The number of nitrogens with zero attached hydrogens (tertiary/aromatic N) is 3. The largest absolute Gasteiger partial charge is 0.317 e. The topological polar surface area (TPSA) is 63.0 Å². The lowest BCUT2D eigenvalue weighted by Crippen LogP contribution is -2.12. The summed E-state index contributed by atoms with van der Waals surface area (Å²) in [5, 5.41) is 8.06. The van der Waals surface area contributed by atoms with Crippen molar-refractivity contribution in [3.8, 4) is 0 Å². The van der Waals surface area contributed by atoms with E-state index in [1.807, 2.05) is 42.5 Å². The molecule has 0 spiro atoms. The predicted molar refractivity (Wildman–Crippen MR) is 65.2 cm³/mol. The van der Waals surface area contributed by atoms with Crippen molar-refractivity contribution >= 4 is 16.7 Å². The molecule has 0 atom stereocenters. The molecule has 0 aliphatic heterocycles. The smallest absolute Gasteiger partial charge is 0.294 e. The van der Waals surface area contributed by atoms with E-state index in [1.165, 1.54) is 0 Å². The first-order chi connectivity index (χ1) is 8.18. The van der Waals surface area contributed by atoms with Gasteiger partial charge in [0.1, 0.15) is 5.82 Å². The van der Waals surface area contributed by atoms with Crippen molar-refractivity contribution in [2.24, 2.45) is 0 Å². The average molecular weight is 228 g/mol. The highest BCUT2D eigenvalue weighted by Crippen LogP contribution is 2.17. The van der Waals surface area contributed by atoms with Crippen LogP contribution in [0.25, 0.3) is 16.7 Å². The van der Waals surface area contributed by atoms with Crippen LogP contribution in [0.5, 0.6) is 0 Å². The molecule has 0 radical (unpaired) electrons. The van der Waals surface area contributed by atoms with Crippen LogP contribution in [0, 0.1) is 0 Å². The summed E-state index contributed by atoms with van der Waals surface area (Å²) in [6, 6.07) is 7.65. The van der Waals surface area contributed by atoms with E-state index in [1.54, 1.807) is 0 Å². The second-order valence-electron chi connectivity index (χ2n) is 4.34. The number of aromatic amines is 1. The number of H-pyrrole nitrogens is 1. The minimum atomic E-state index is -0.205. The highest BCUT2D eigenvalue weighted by molar-refractivity contribution is 5.77. The van der Waals surface area contributed by atoms with Gasteiger partial charge in [0.2, 0.25) is 5.65 Å². The summed E-state index contributed by atoms with van der Waals surface area (Å²) in [5.74, 6) is 1.03. The molecule has 17 heavy (non-hydrogen) atoms. The predicted octanol–water partition coefficient (Wildman–Crippen LogP) is 1.69. The molecule has 5 nitrogen and oxygen atoms in total. The Morgan fingerprint density at radius 2 is 2.00 bits per heavy atom. The maximum Gasteiger partial charge on any atom is 0.294 e. The van der Waals surface area contributed by atoms with Gasteiger partial charge in [-0.25, -0.2) is 0 Å². The Hall–Kier alpha value is -2.17. The van der Waals surface area contributed by atoms with E-state index in [0.717, 1.165) is 16.9 Å². The number of nitrogens with one attached hydrogen (secondary N) is 1. The van der Waals surface area contributed by atoms with Gasteiger partial charge in [-0.3, -0.25) is 9.20 Å². The first kappa shape index (κ1) is 10.0. The van der Waals surface area contributed by atoms with Crippen LogP contribution < -0.4 is 5.56 Å². The molecule has 0 amide bonds. The lowest BCUT2D eigenvalue weighted by molar-refractivity contribution is 0.765. The first-order valence-corrected chi connectivity index (χ1v) is 5.54. The van der Waals surface area contributed by atoms with Crippen LogP contribution in [0.4, 0.5) is 0 Å². The van der Waals surface area contributed by atoms with Crippen molar-refractivity contribution in [3.05, 3.63) is 40.4 Å². The quantitative estimate of drug-likeness (QED) is 0.689. The van der Waals surface area contributed by atoms with Crippen LogP contribution >= 0.6 is 0 Å². The molecule has 0 bridgehead atoms. The van der Waals surface area contributed by atoms with Crippen LogP contribution in [0.15, 0.2) is 29.1 Å². The van der Waals surface area contributed by atoms with Crippen LogP contribution in [0.3, 0.4) is 0 Å². The molecule has 0 unspecified atom stereocenters. The van der Waals surface area contributed by atoms with Gasteiger partial charge in [0.25, 0.3) is 5.56 Å². The monoisotopic (exact) mass is 228 g/mol. The second-order valence-corrected chi connectivity index (χ2v) is 4.34. The molecule has 86 valence electrons. The highest BCUT2D eigenvalue weighted by Gasteiger charge is 2.14. The van der Waals surface area contributed by atoms with Crippen LogP contribution in [0.1, 0.15) is 25.6 Å². The summed E-state index contributed by atoms with van der Waals surface area (Å²) in [7, 11) is 0. The number of benzene rings is 1. The van der Waals surface area contributed by atoms with E-state index < -0.39 is 0 Å². The number of hydrogen-bond acceptors (Lipinski definition) is 3.